The van der Waals surface area contributed by atoms with Gasteiger partial charge in [0.15, 0.2) is 0 Å². The highest BCUT2D eigenvalue weighted by Gasteiger charge is 2.27. The maximum absolute atomic E-state index is 14.4. The van der Waals surface area contributed by atoms with Gasteiger partial charge in [0.2, 0.25) is 0 Å². The third kappa shape index (κ3) is 3.03. The Morgan fingerprint density at radius 2 is 1.73 bits per heavy atom. The van der Waals surface area contributed by atoms with Crippen LogP contribution in [0.3, 0.4) is 0 Å². The summed E-state index contributed by atoms with van der Waals surface area (Å²) >= 11 is 0. The molecule has 2 aromatic carbocycles. The zero-order valence-electron chi connectivity index (χ0n) is 12.7. The molecule has 1 saturated heterocycles. The maximum Gasteiger partial charge on any atom is 0.131 e. The minimum absolute atomic E-state index is 0.177. The molecular formula is C18H20F2N2. The first kappa shape index (κ1) is 15.1. The van der Waals surface area contributed by atoms with E-state index >= 15 is 0 Å². The molecule has 2 aromatic rings. The third-order valence-electron chi connectivity index (χ3n) is 4.26. The molecule has 1 fully saturated rings. The van der Waals surface area contributed by atoms with Crippen molar-refractivity contribution in [2.24, 2.45) is 0 Å². The fraction of sp³-hybridized carbons (Fsp3) is 0.333. The molecule has 0 radical (unpaired) electrons. The maximum atomic E-state index is 14.4. The Morgan fingerprint density at radius 1 is 1.00 bits per heavy atom. The molecule has 0 aromatic heterocycles. The van der Waals surface area contributed by atoms with Gasteiger partial charge in [-0.2, -0.15) is 0 Å². The smallest absolute Gasteiger partial charge is 0.131 e. The highest BCUT2D eigenvalue weighted by Crippen LogP contribution is 2.32. The Morgan fingerprint density at radius 3 is 2.41 bits per heavy atom. The van der Waals surface area contributed by atoms with E-state index in [0.29, 0.717) is 5.56 Å². The molecule has 116 valence electrons. The second-order valence-corrected chi connectivity index (χ2v) is 5.71. The highest BCUT2D eigenvalue weighted by molar-refractivity contribution is 5.37. The van der Waals surface area contributed by atoms with E-state index in [0.717, 1.165) is 43.4 Å². The number of benzene rings is 2. The van der Waals surface area contributed by atoms with Gasteiger partial charge < -0.3 is 5.32 Å². The molecule has 0 bridgehead atoms. The Bertz CT molecular complexity index is 651. The molecule has 1 aliphatic heterocycles. The Kier molecular flexibility index (Phi) is 4.50. The predicted molar refractivity (Wildman–Crippen MR) is 83.8 cm³/mol. The highest BCUT2D eigenvalue weighted by atomic mass is 19.1. The number of hydrogen-bond donors (Lipinski definition) is 1. The van der Waals surface area contributed by atoms with Gasteiger partial charge in [0.1, 0.15) is 11.6 Å². The Balaban J connectivity index is 2.08. The van der Waals surface area contributed by atoms with E-state index in [2.05, 4.69) is 10.2 Å². The van der Waals surface area contributed by atoms with Crippen LogP contribution in [0.2, 0.25) is 0 Å². The van der Waals surface area contributed by atoms with Crippen LogP contribution < -0.4 is 5.32 Å². The first-order valence-corrected chi connectivity index (χ1v) is 7.62. The molecule has 0 spiro atoms. The summed E-state index contributed by atoms with van der Waals surface area (Å²) < 4.78 is 27.7. The summed E-state index contributed by atoms with van der Waals surface area (Å²) in [6, 6.07) is 11.7. The van der Waals surface area contributed by atoms with Gasteiger partial charge >= 0.3 is 0 Å². The lowest BCUT2D eigenvalue weighted by atomic mass is 9.92. The van der Waals surface area contributed by atoms with Gasteiger partial charge in [0.25, 0.3) is 0 Å². The van der Waals surface area contributed by atoms with Gasteiger partial charge in [-0.3, -0.25) is 4.90 Å². The van der Waals surface area contributed by atoms with E-state index in [-0.39, 0.29) is 6.04 Å². The average molecular weight is 302 g/mol. The molecule has 1 atom stereocenters. The van der Waals surface area contributed by atoms with Gasteiger partial charge in [-0.1, -0.05) is 30.3 Å². The average Bonchev–Trinajstić information content (AvgIpc) is 2.52. The summed E-state index contributed by atoms with van der Waals surface area (Å²) in [5.41, 5.74) is 2.74. The number of nitrogens with one attached hydrogen (secondary N) is 1. The summed E-state index contributed by atoms with van der Waals surface area (Å²) in [6.45, 7) is 5.48. The molecule has 22 heavy (non-hydrogen) atoms. The standard InChI is InChI=1S/C18H20F2N2/c1-13-4-2-3-5-15(13)18(22-10-8-21-9-11-22)16-7-6-14(19)12-17(16)20/h2-7,12,18,21H,8-11H2,1H3. The summed E-state index contributed by atoms with van der Waals surface area (Å²) in [5, 5.41) is 3.32. The number of rotatable bonds is 3. The van der Waals surface area contributed by atoms with Crippen LogP contribution in [0.5, 0.6) is 0 Å². The van der Waals surface area contributed by atoms with Crippen molar-refractivity contribution in [3.05, 3.63) is 70.8 Å². The number of nitrogens with zero attached hydrogens (tertiary/aromatic N) is 1. The molecule has 0 aliphatic carbocycles. The van der Waals surface area contributed by atoms with Crippen molar-refractivity contribution in [3.8, 4) is 0 Å². The molecule has 3 rings (SSSR count). The molecule has 4 heteroatoms. The van der Waals surface area contributed by atoms with Crippen LogP contribution in [-0.2, 0) is 0 Å². The van der Waals surface area contributed by atoms with Gasteiger partial charge in [-0.05, 0) is 24.1 Å². The van der Waals surface area contributed by atoms with Gasteiger partial charge in [-0.15, -0.1) is 0 Å². The lowest BCUT2D eigenvalue weighted by Crippen LogP contribution is -2.45. The van der Waals surface area contributed by atoms with Crippen LogP contribution >= 0.6 is 0 Å². The van der Waals surface area contributed by atoms with E-state index in [1.54, 1.807) is 6.07 Å². The minimum atomic E-state index is -0.537. The van der Waals surface area contributed by atoms with Crippen molar-refractivity contribution in [2.45, 2.75) is 13.0 Å². The summed E-state index contributed by atoms with van der Waals surface area (Å²) in [6.07, 6.45) is 0. The third-order valence-corrected chi connectivity index (χ3v) is 4.26. The Labute approximate surface area is 129 Å². The molecule has 2 nitrogen and oxygen atoms in total. The number of hydrogen-bond acceptors (Lipinski definition) is 2. The second-order valence-electron chi connectivity index (χ2n) is 5.71. The van der Waals surface area contributed by atoms with Crippen LogP contribution in [0.4, 0.5) is 8.78 Å². The van der Waals surface area contributed by atoms with Crippen LogP contribution in [-0.4, -0.2) is 31.1 Å². The fourth-order valence-corrected chi connectivity index (χ4v) is 3.12. The zero-order valence-corrected chi connectivity index (χ0v) is 12.7. The molecule has 0 saturated carbocycles. The number of aryl methyl sites for hydroxylation is 1. The van der Waals surface area contributed by atoms with Crippen LogP contribution in [0, 0.1) is 18.6 Å². The number of halogens is 2. The molecule has 1 unspecified atom stereocenters. The van der Waals surface area contributed by atoms with Crippen molar-refractivity contribution in [1.29, 1.82) is 0 Å². The lowest BCUT2D eigenvalue weighted by molar-refractivity contribution is 0.195. The summed E-state index contributed by atoms with van der Waals surface area (Å²) in [7, 11) is 0. The van der Waals surface area contributed by atoms with Crippen LogP contribution in [0.25, 0.3) is 0 Å². The first-order valence-electron chi connectivity index (χ1n) is 7.62. The van der Waals surface area contributed by atoms with E-state index in [1.165, 1.54) is 6.07 Å². The molecule has 1 heterocycles. The van der Waals surface area contributed by atoms with Crippen molar-refractivity contribution in [1.82, 2.24) is 10.2 Å². The van der Waals surface area contributed by atoms with Crippen molar-refractivity contribution < 1.29 is 8.78 Å². The second kappa shape index (κ2) is 6.55. The molecule has 0 amide bonds. The zero-order chi connectivity index (χ0) is 15.5. The van der Waals surface area contributed by atoms with E-state index in [4.69, 9.17) is 0 Å². The van der Waals surface area contributed by atoms with Crippen molar-refractivity contribution in [3.63, 3.8) is 0 Å². The summed E-state index contributed by atoms with van der Waals surface area (Å²) in [5.74, 6) is -1.02. The predicted octanol–water partition coefficient (Wildman–Crippen LogP) is 3.27. The number of piperazine rings is 1. The van der Waals surface area contributed by atoms with Gasteiger partial charge in [0, 0.05) is 37.8 Å². The lowest BCUT2D eigenvalue weighted by Gasteiger charge is -2.36. The quantitative estimate of drug-likeness (QED) is 0.936. The van der Waals surface area contributed by atoms with Crippen LogP contribution in [0.1, 0.15) is 22.7 Å². The normalized spacial score (nSPS) is 17.4. The fourth-order valence-electron chi connectivity index (χ4n) is 3.12. The molecular weight excluding hydrogens is 282 g/mol. The first-order chi connectivity index (χ1) is 10.7. The monoisotopic (exact) mass is 302 g/mol. The van der Waals surface area contributed by atoms with Gasteiger partial charge in [0.05, 0.1) is 6.04 Å². The van der Waals surface area contributed by atoms with Gasteiger partial charge in [-0.25, -0.2) is 8.78 Å². The molecule has 1 N–H and O–H groups in total. The SMILES string of the molecule is Cc1ccccc1C(c1ccc(F)cc1F)N1CCNCC1. The van der Waals surface area contributed by atoms with Crippen LogP contribution in [0.15, 0.2) is 42.5 Å². The van der Waals surface area contributed by atoms with E-state index < -0.39 is 11.6 Å². The summed E-state index contributed by atoms with van der Waals surface area (Å²) in [4.78, 5) is 2.26. The molecule has 1 aliphatic rings. The largest absolute Gasteiger partial charge is 0.314 e. The minimum Gasteiger partial charge on any atom is -0.314 e. The van der Waals surface area contributed by atoms with Crippen molar-refractivity contribution >= 4 is 0 Å². The topological polar surface area (TPSA) is 15.3 Å². The Hall–Kier alpha value is -1.78. The van der Waals surface area contributed by atoms with E-state index in [9.17, 15) is 8.78 Å². The van der Waals surface area contributed by atoms with E-state index in [1.807, 2.05) is 31.2 Å². The van der Waals surface area contributed by atoms with Crippen molar-refractivity contribution in [2.75, 3.05) is 26.2 Å².